The Kier molecular flexibility index (Phi) is 1.29. The summed E-state index contributed by atoms with van der Waals surface area (Å²) in [6.45, 7) is 3.95. The third kappa shape index (κ3) is 0.878. The lowest BCUT2D eigenvalue weighted by Crippen LogP contribution is -1.66. The first-order valence-electron chi connectivity index (χ1n) is 3.33. The van der Waals surface area contributed by atoms with E-state index in [1.807, 2.05) is 13.8 Å². The molecule has 0 aliphatic heterocycles. The monoisotopic (exact) mass is 170 g/mol. The first-order valence-corrected chi connectivity index (χ1v) is 4.15. The molecule has 1 nitrogen and oxygen atoms in total. The number of aryl methyl sites for hydroxylation is 2. The van der Waals surface area contributed by atoms with Crippen LogP contribution in [0.5, 0.6) is 0 Å². The van der Waals surface area contributed by atoms with Crippen LogP contribution in [0, 0.1) is 19.9 Å². The second-order valence-corrected chi connectivity index (χ2v) is 3.78. The zero-order chi connectivity index (χ0) is 8.01. The van der Waals surface area contributed by atoms with Crippen LogP contribution in [-0.4, -0.2) is 0 Å². The Bertz CT molecular complexity index is 399. The van der Waals surface area contributed by atoms with Crippen molar-refractivity contribution in [1.82, 2.24) is 0 Å². The Morgan fingerprint density at radius 2 is 2.18 bits per heavy atom. The molecule has 0 unspecified atom stereocenters. The van der Waals surface area contributed by atoms with Crippen LogP contribution < -0.4 is 0 Å². The Morgan fingerprint density at radius 3 is 2.82 bits per heavy atom. The van der Waals surface area contributed by atoms with Gasteiger partial charge in [-0.05, 0) is 13.8 Å². The smallest absolute Gasteiger partial charge is 0.279 e. The number of hydrogen-bond donors (Lipinski definition) is 0. The average molecular weight is 170 g/mol. The average Bonchev–Trinajstić information content (AvgIpc) is 2.37. The second kappa shape index (κ2) is 2.08. The molecule has 3 heteroatoms. The van der Waals surface area contributed by atoms with Crippen molar-refractivity contribution in [3.63, 3.8) is 0 Å². The van der Waals surface area contributed by atoms with Crippen LogP contribution in [0.3, 0.4) is 0 Å². The van der Waals surface area contributed by atoms with E-state index in [-0.39, 0.29) is 0 Å². The van der Waals surface area contributed by atoms with Gasteiger partial charge in [0.25, 0.3) is 6.01 Å². The van der Waals surface area contributed by atoms with Crippen molar-refractivity contribution in [2.75, 3.05) is 0 Å². The minimum Gasteiger partial charge on any atom is -0.430 e. The van der Waals surface area contributed by atoms with E-state index in [0.29, 0.717) is 5.58 Å². The molecule has 0 N–H and O–H groups in total. The molecule has 2 aromatic heterocycles. The Morgan fingerprint density at radius 1 is 1.45 bits per heavy atom. The topological polar surface area (TPSA) is 13.1 Å². The van der Waals surface area contributed by atoms with Crippen molar-refractivity contribution >= 4 is 21.6 Å². The molecule has 0 atom stereocenters. The molecule has 0 saturated carbocycles. The molecule has 2 rings (SSSR count). The van der Waals surface area contributed by atoms with Crippen LogP contribution in [0.15, 0.2) is 10.5 Å². The standard InChI is InChI=1S/C8H7FOS/c1-4-5(2)11-6-3-7(9)10-8(4)6/h3H,1-2H3. The maximum absolute atomic E-state index is 12.5. The molecule has 0 bridgehead atoms. The van der Waals surface area contributed by atoms with Crippen molar-refractivity contribution in [2.24, 2.45) is 0 Å². The van der Waals surface area contributed by atoms with E-state index in [4.69, 9.17) is 4.42 Å². The fourth-order valence-corrected chi connectivity index (χ4v) is 2.10. The maximum Gasteiger partial charge on any atom is 0.279 e. The van der Waals surface area contributed by atoms with Crippen molar-refractivity contribution in [1.29, 1.82) is 0 Å². The van der Waals surface area contributed by atoms with Crippen molar-refractivity contribution in [3.05, 3.63) is 22.5 Å². The van der Waals surface area contributed by atoms with Crippen LogP contribution in [0.25, 0.3) is 10.3 Å². The number of fused-ring (bicyclic) bond motifs is 1. The fraction of sp³-hybridized carbons (Fsp3) is 0.250. The van der Waals surface area contributed by atoms with E-state index in [2.05, 4.69) is 0 Å². The van der Waals surface area contributed by atoms with Gasteiger partial charge in [0.1, 0.15) is 0 Å². The molecule has 58 valence electrons. The summed E-state index contributed by atoms with van der Waals surface area (Å²) in [6, 6.07) is 0.939. The molecular formula is C8H7FOS. The first-order chi connectivity index (χ1) is 5.18. The van der Waals surface area contributed by atoms with Gasteiger partial charge < -0.3 is 4.42 Å². The lowest BCUT2D eigenvalue weighted by molar-refractivity contribution is 0.380. The van der Waals surface area contributed by atoms with Gasteiger partial charge in [-0.1, -0.05) is 0 Å². The molecule has 2 aromatic rings. The van der Waals surface area contributed by atoms with Crippen LogP contribution in [0.1, 0.15) is 10.4 Å². The number of rotatable bonds is 0. The summed E-state index contributed by atoms with van der Waals surface area (Å²) in [4.78, 5) is 1.19. The first kappa shape index (κ1) is 6.85. The molecule has 0 saturated heterocycles. The highest BCUT2D eigenvalue weighted by Crippen LogP contribution is 2.31. The summed E-state index contributed by atoms with van der Waals surface area (Å²) < 4.78 is 18.3. The van der Waals surface area contributed by atoms with E-state index >= 15 is 0 Å². The van der Waals surface area contributed by atoms with E-state index in [9.17, 15) is 4.39 Å². The molecule has 2 heterocycles. The lowest BCUT2D eigenvalue weighted by atomic mass is 10.3. The summed E-state index contributed by atoms with van der Waals surface area (Å²) in [6.07, 6.45) is 0. The van der Waals surface area contributed by atoms with Crippen molar-refractivity contribution < 1.29 is 8.81 Å². The fourth-order valence-electron chi connectivity index (χ4n) is 1.08. The zero-order valence-corrected chi connectivity index (χ0v) is 7.09. The molecule has 0 aromatic carbocycles. The molecular weight excluding hydrogens is 163 g/mol. The van der Waals surface area contributed by atoms with E-state index < -0.39 is 6.01 Å². The predicted octanol–water partition coefficient (Wildman–Crippen LogP) is 3.25. The summed E-state index contributed by atoms with van der Waals surface area (Å²) in [5.74, 6) is 0. The van der Waals surface area contributed by atoms with Gasteiger partial charge in [-0.3, -0.25) is 0 Å². The Labute approximate surface area is 67.4 Å². The highest BCUT2D eigenvalue weighted by atomic mass is 32.1. The number of hydrogen-bond acceptors (Lipinski definition) is 2. The molecule has 0 aliphatic carbocycles. The van der Waals surface area contributed by atoms with Crippen LogP contribution >= 0.6 is 11.3 Å². The largest absolute Gasteiger partial charge is 0.430 e. The third-order valence-corrected chi connectivity index (χ3v) is 2.94. The van der Waals surface area contributed by atoms with E-state index in [0.717, 1.165) is 10.3 Å². The summed E-state index contributed by atoms with van der Waals surface area (Å²) in [7, 11) is 0. The third-order valence-electron chi connectivity index (χ3n) is 1.80. The molecule has 11 heavy (non-hydrogen) atoms. The summed E-state index contributed by atoms with van der Waals surface area (Å²) in [5, 5.41) is 0. The van der Waals surface area contributed by atoms with E-state index in [1.54, 1.807) is 11.3 Å². The van der Waals surface area contributed by atoms with Crippen molar-refractivity contribution in [3.8, 4) is 0 Å². The number of thiophene rings is 1. The van der Waals surface area contributed by atoms with Gasteiger partial charge in [0, 0.05) is 16.5 Å². The van der Waals surface area contributed by atoms with Gasteiger partial charge in [-0.15, -0.1) is 11.3 Å². The minimum absolute atomic E-state index is 0.491. The van der Waals surface area contributed by atoms with Crippen LogP contribution in [-0.2, 0) is 0 Å². The highest BCUT2D eigenvalue weighted by Gasteiger charge is 2.10. The normalized spacial score (nSPS) is 11.2. The van der Waals surface area contributed by atoms with Gasteiger partial charge in [-0.2, -0.15) is 4.39 Å². The van der Waals surface area contributed by atoms with Gasteiger partial charge >= 0.3 is 0 Å². The number of halogens is 1. The molecule has 0 radical (unpaired) electrons. The van der Waals surface area contributed by atoms with E-state index in [1.165, 1.54) is 10.9 Å². The lowest BCUT2D eigenvalue weighted by Gasteiger charge is -1.84. The molecule has 0 fully saturated rings. The van der Waals surface area contributed by atoms with Gasteiger partial charge in [0.05, 0.1) is 4.70 Å². The van der Waals surface area contributed by atoms with Gasteiger partial charge in [-0.25, -0.2) is 0 Å². The summed E-state index contributed by atoms with van der Waals surface area (Å²) in [5.41, 5.74) is 1.75. The van der Waals surface area contributed by atoms with Crippen molar-refractivity contribution in [2.45, 2.75) is 13.8 Å². The van der Waals surface area contributed by atoms with Crippen LogP contribution in [0.2, 0.25) is 0 Å². The zero-order valence-electron chi connectivity index (χ0n) is 6.27. The molecule has 0 aliphatic rings. The van der Waals surface area contributed by atoms with Gasteiger partial charge in [0.15, 0.2) is 5.58 Å². The minimum atomic E-state index is -0.491. The second-order valence-electron chi connectivity index (χ2n) is 2.53. The predicted molar refractivity (Wildman–Crippen MR) is 43.5 cm³/mol. The number of furan rings is 1. The quantitative estimate of drug-likeness (QED) is 0.591. The summed E-state index contributed by atoms with van der Waals surface area (Å²) >= 11 is 1.57. The SMILES string of the molecule is Cc1sc2cc(F)oc2c1C. The highest BCUT2D eigenvalue weighted by molar-refractivity contribution is 7.19. The molecule has 0 amide bonds. The molecule has 0 spiro atoms. The van der Waals surface area contributed by atoms with Crippen LogP contribution in [0.4, 0.5) is 4.39 Å². The van der Waals surface area contributed by atoms with Gasteiger partial charge in [0.2, 0.25) is 0 Å². The Hall–Kier alpha value is -0.830. The maximum atomic E-state index is 12.5. The Balaban J connectivity index is 2.88.